The lowest BCUT2D eigenvalue weighted by molar-refractivity contribution is 0.102. The summed E-state index contributed by atoms with van der Waals surface area (Å²) < 4.78 is 11.9. The average Bonchev–Trinajstić information content (AvgIpc) is 2.77. The fourth-order valence-corrected chi connectivity index (χ4v) is 3.23. The Balaban J connectivity index is 1.81. The highest BCUT2D eigenvalue weighted by molar-refractivity contribution is 6.13. The number of anilines is 1. The van der Waals surface area contributed by atoms with Crippen molar-refractivity contribution in [3.8, 4) is 5.75 Å². The number of hydrogen-bond acceptors (Lipinski definition) is 4. The van der Waals surface area contributed by atoms with E-state index in [2.05, 4.69) is 5.32 Å². The van der Waals surface area contributed by atoms with Gasteiger partial charge in [-0.15, -0.1) is 0 Å². The molecule has 3 aromatic carbocycles. The molecule has 150 valence electrons. The number of nitrogens with one attached hydrogen (secondary N) is 1. The Bertz CT molecular complexity index is 1260. The SMILES string of the molecule is Cc1oc2c(C(=O)Nc3ccccc3)c(OCc3ccccc3)ccc2c(=O)c1C. The highest BCUT2D eigenvalue weighted by atomic mass is 16.5. The van der Waals surface area contributed by atoms with Gasteiger partial charge in [0, 0.05) is 11.3 Å². The topological polar surface area (TPSA) is 68.5 Å². The Hall–Kier alpha value is -3.86. The van der Waals surface area contributed by atoms with Crippen LogP contribution in [0, 0.1) is 13.8 Å². The fraction of sp³-hybridized carbons (Fsp3) is 0.120. The van der Waals surface area contributed by atoms with Crippen molar-refractivity contribution < 1.29 is 13.9 Å². The first-order valence-electron chi connectivity index (χ1n) is 9.64. The van der Waals surface area contributed by atoms with E-state index in [4.69, 9.17) is 9.15 Å². The average molecular weight is 399 g/mol. The minimum Gasteiger partial charge on any atom is -0.488 e. The van der Waals surface area contributed by atoms with Gasteiger partial charge in [0.2, 0.25) is 0 Å². The van der Waals surface area contributed by atoms with Crippen LogP contribution in [0.5, 0.6) is 5.75 Å². The van der Waals surface area contributed by atoms with E-state index in [0.29, 0.717) is 28.1 Å². The highest BCUT2D eigenvalue weighted by Gasteiger charge is 2.22. The maximum atomic E-state index is 13.2. The van der Waals surface area contributed by atoms with Gasteiger partial charge in [-0.3, -0.25) is 9.59 Å². The summed E-state index contributed by atoms with van der Waals surface area (Å²) in [6.45, 7) is 3.71. The molecule has 0 saturated carbocycles. The van der Waals surface area contributed by atoms with Crippen LogP contribution in [0.4, 0.5) is 5.69 Å². The van der Waals surface area contributed by atoms with Gasteiger partial charge < -0.3 is 14.5 Å². The molecule has 4 rings (SSSR count). The quantitative estimate of drug-likeness (QED) is 0.498. The molecule has 0 unspecified atom stereocenters. The summed E-state index contributed by atoms with van der Waals surface area (Å²) in [7, 11) is 0. The Labute approximate surface area is 173 Å². The summed E-state index contributed by atoms with van der Waals surface area (Å²) in [5, 5.41) is 3.21. The minimum absolute atomic E-state index is 0.155. The second-order valence-corrected chi connectivity index (χ2v) is 7.02. The molecule has 0 radical (unpaired) electrons. The zero-order chi connectivity index (χ0) is 21.1. The molecule has 0 saturated heterocycles. The highest BCUT2D eigenvalue weighted by Crippen LogP contribution is 2.30. The Morgan fingerprint density at radius 1 is 0.933 bits per heavy atom. The van der Waals surface area contributed by atoms with E-state index in [1.807, 2.05) is 48.5 Å². The third kappa shape index (κ3) is 3.82. The lowest BCUT2D eigenvalue weighted by Gasteiger charge is -2.14. The van der Waals surface area contributed by atoms with Crippen LogP contribution in [-0.2, 0) is 6.61 Å². The van der Waals surface area contributed by atoms with Crippen molar-refractivity contribution in [2.75, 3.05) is 5.32 Å². The number of hydrogen-bond donors (Lipinski definition) is 1. The monoisotopic (exact) mass is 399 g/mol. The third-order valence-corrected chi connectivity index (χ3v) is 4.98. The predicted molar refractivity (Wildman–Crippen MR) is 117 cm³/mol. The third-order valence-electron chi connectivity index (χ3n) is 4.98. The van der Waals surface area contributed by atoms with E-state index >= 15 is 0 Å². The molecule has 1 N–H and O–H groups in total. The largest absolute Gasteiger partial charge is 0.488 e. The first-order chi connectivity index (χ1) is 14.5. The number of benzene rings is 3. The Kier molecular flexibility index (Phi) is 5.35. The molecule has 1 amide bonds. The van der Waals surface area contributed by atoms with Gasteiger partial charge in [0.15, 0.2) is 11.0 Å². The van der Waals surface area contributed by atoms with Gasteiger partial charge in [-0.05, 0) is 43.7 Å². The number of rotatable bonds is 5. The first-order valence-corrected chi connectivity index (χ1v) is 9.64. The van der Waals surface area contributed by atoms with Gasteiger partial charge in [-0.25, -0.2) is 0 Å². The number of amides is 1. The molecule has 1 heterocycles. The second kappa shape index (κ2) is 8.25. The lowest BCUT2D eigenvalue weighted by Crippen LogP contribution is -2.16. The van der Waals surface area contributed by atoms with Crippen molar-refractivity contribution in [3.63, 3.8) is 0 Å². The van der Waals surface area contributed by atoms with E-state index in [9.17, 15) is 9.59 Å². The molecule has 0 aliphatic carbocycles. The Morgan fingerprint density at radius 2 is 1.60 bits per heavy atom. The summed E-state index contributed by atoms with van der Waals surface area (Å²) in [6, 6.07) is 22.1. The van der Waals surface area contributed by atoms with Gasteiger partial charge in [-0.1, -0.05) is 48.5 Å². The summed E-state index contributed by atoms with van der Waals surface area (Å²) in [5.41, 5.74) is 2.40. The van der Waals surface area contributed by atoms with Gasteiger partial charge in [-0.2, -0.15) is 0 Å². The molecule has 5 heteroatoms. The van der Waals surface area contributed by atoms with Crippen LogP contribution in [0.15, 0.2) is 82.0 Å². The van der Waals surface area contributed by atoms with E-state index in [-0.39, 0.29) is 23.2 Å². The number of carbonyl (C=O) groups excluding carboxylic acids is 1. The Morgan fingerprint density at radius 3 is 2.30 bits per heavy atom. The zero-order valence-corrected chi connectivity index (χ0v) is 16.8. The van der Waals surface area contributed by atoms with Gasteiger partial charge in [0.1, 0.15) is 23.7 Å². The van der Waals surface area contributed by atoms with Crippen LogP contribution in [-0.4, -0.2) is 5.91 Å². The van der Waals surface area contributed by atoms with Crippen LogP contribution in [0.1, 0.15) is 27.2 Å². The number of fused-ring (bicyclic) bond motifs is 1. The van der Waals surface area contributed by atoms with E-state index in [1.54, 1.807) is 38.1 Å². The molecule has 0 atom stereocenters. The standard InChI is InChI=1S/C25H21NO4/c1-16-17(2)30-24-20(23(16)27)13-14-21(29-15-18-9-5-3-6-10-18)22(24)25(28)26-19-11-7-4-8-12-19/h3-14H,15H2,1-2H3,(H,26,28). The molecular formula is C25H21NO4. The van der Waals surface area contributed by atoms with E-state index in [0.717, 1.165) is 5.56 Å². The van der Waals surface area contributed by atoms with E-state index < -0.39 is 5.91 Å². The summed E-state index contributed by atoms with van der Waals surface area (Å²) in [4.78, 5) is 26.0. The van der Waals surface area contributed by atoms with Crippen molar-refractivity contribution in [2.45, 2.75) is 20.5 Å². The van der Waals surface area contributed by atoms with Gasteiger partial charge in [0.25, 0.3) is 5.91 Å². The number of ether oxygens (including phenoxy) is 1. The number of carbonyl (C=O) groups is 1. The summed E-state index contributed by atoms with van der Waals surface area (Å²) in [5.74, 6) is 0.425. The van der Waals surface area contributed by atoms with Gasteiger partial charge in [0.05, 0.1) is 5.39 Å². The van der Waals surface area contributed by atoms with Gasteiger partial charge >= 0.3 is 0 Å². The lowest BCUT2D eigenvalue weighted by atomic mass is 10.1. The van der Waals surface area contributed by atoms with Crippen LogP contribution >= 0.6 is 0 Å². The molecule has 0 fully saturated rings. The van der Waals surface area contributed by atoms with Crippen molar-refractivity contribution in [1.29, 1.82) is 0 Å². The fourth-order valence-electron chi connectivity index (χ4n) is 3.23. The molecule has 30 heavy (non-hydrogen) atoms. The number of para-hydroxylation sites is 1. The van der Waals surface area contributed by atoms with Crippen LogP contribution in [0.2, 0.25) is 0 Å². The van der Waals surface area contributed by atoms with Crippen LogP contribution in [0.3, 0.4) is 0 Å². The number of aryl methyl sites for hydroxylation is 1. The molecule has 5 nitrogen and oxygen atoms in total. The van der Waals surface area contributed by atoms with Crippen molar-refractivity contribution in [3.05, 3.63) is 105 Å². The predicted octanol–water partition coefficient (Wildman–Crippen LogP) is 5.24. The maximum Gasteiger partial charge on any atom is 0.263 e. The van der Waals surface area contributed by atoms with Crippen molar-refractivity contribution in [1.82, 2.24) is 0 Å². The van der Waals surface area contributed by atoms with Crippen molar-refractivity contribution >= 4 is 22.6 Å². The first kappa shape index (κ1) is 19.5. The molecule has 4 aromatic rings. The molecule has 0 spiro atoms. The molecular weight excluding hydrogens is 378 g/mol. The molecule has 0 aliphatic heterocycles. The molecule has 0 bridgehead atoms. The van der Waals surface area contributed by atoms with E-state index in [1.165, 1.54) is 0 Å². The van der Waals surface area contributed by atoms with Crippen LogP contribution in [0.25, 0.3) is 11.0 Å². The summed E-state index contributed by atoms with van der Waals surface area (Å²) >= 11 is 0. The normalized spacial score (nSPS) is 10.7. The molecule has 1 aromatic heterocycles. The maximum absolute atomic E-state index is 13.2. The molecule has 0 aliphatic rings. The van der Waals surface area contributed by atoms with Crippen molar-refractivity contribution in [2.24, 2.45) is 0 Å². The smallest absolute Gasteiger partial charge is 0.263 e. The summed E-state index contributed by atoms with van der Waals surface area (Å²) in [6.07, 6.45) is 0. The zero-order valence-electron chi connectivity index (χ0n) is 16.8. The second-order valence-electron chi connectivity index (χ2n) is 7.02. The van der Waals surface area contributed by atoms with Crippen LogP contribution < -0.4 is 15.5 Å². The minimum atomic E-state index is -0.402.